The van der Waals surface area contributed by atoms with Crippen molar-refractivity contribution in [2.24, 2.45) is 23.7 Å². The monoisotopic (exact) mass is 422 g/mol. The predicted molar refractivity (Wildman–Crippen MR) is 108 cm³/mol. The minimum absolute atomic E-state index is 0.162. The van der Waals surface area contributed by atoms with Crippen molar-refractivity contribution in [3.05, 3.63) is 70.8 Å². The molecule has 0 aliphatic heterocycles. The van der Waals surface area contributed by atoms with E-state index in [4.69, 9.17) is 4.74 Å². The number of carbonyl (C=O) groups is 4. The zero-order valence-corrected chi connectivity index (χ0v) is 16.7. The highest BCUT2D eigenvalue weighted by Gasteiger charge is 2.43. The third-order valence-electron chi connectivity index (χ3n) is 6.41. The molecule has 0 radical (unpaired) electrons. The topological polar surface area (TPSA) is 118 Å². The maximum atomic E-state index is 12.8. The molecule has 0 aromatic heterocycles. The van der Waals surface area contributed by atoms with Crippen LogP contribution in [0.2, 0.25) is 0 Å². The summed E-state index contributed by atoms with van der Waals surface area (Å²) in [6, 6.07) is 14.6. The van der Waals surface area contributed by atoms with Gasteiger partial charge in [-0.3, -0.25) is 19.2 Å². The van der Waals surface area contributed by atoms with Gasteiger partial charge in [0.2, 0.25) is 0 Å². The molecular weight excluding hydrogens is 400 g/mol. The van der Waals surface area contributed by atoms with E-state index in [1.165, 1.54) is 0 Å². The Morgan fingerprint density at radius 2 is 0.871 bits per heavy atom. The number of esters is 2. The minimum Gasteiger partial charge on any atom is -0.481 e. The number of carbonyl (C=O) groups excluding carboxylic acids is 2. The molecule has 0 heterocycles. The van der Waals surface area contributed by atoms with Crippen LogP contribution in [0.25, 0.3) is 0 Å². The predicted octanol–water partition coefficient (Wildman–Crippen LogP) is 2.29. The average Bonchev–Trinajstić information content (AvgIpc) is 2.77. The number of rotatable bonds is 4. The average molecular weight is 422 g/mol. The summed E-state index contributed by atoms with van der Waals surface area (Å²) in [5, 5.41) is 19.2. The molecule has 2 aromatic carbocycles. The summed E-state index contributed by atoms with van der Waals surface area (Å²) in [5.41, 5.74) is 3.43. The van der Waals surface area contributed by atoms with Crippen molar-refractivity contribution in [3.63, 3.8) is 0 Å². The number of carboxylic acids is 2. The van der Waals surface area contributed by atoms with Crippen LogP contribution < -0.4 is 0 Å². The summed E-state index contributed by atoms with van der Waals surface area (Å²) in [6.45, 7) is 0. The maximum absolute atomic E-state index is 12.8. The van der Waals surface area contributed by atoms with Crippen molar-refractivity contribution >= 4 is 23.9 Å². The van der Waals surface area contributed by atoms with Gasteiger partial charge < -0.3 is 14.9 Å². The van der Waals surface area contributed by atoms with Gasteiger partial charge in [0.25, 0.3) is 0 Å². The fourth-order valence-electron chi connectivity index (χ4n) is 4.69. The first-order valence-electron chi connectivity index (χ1n) is 10.2. The summed E-state index contributed by atoms with van der Waals surface area (Å²) < 4.78 is 5.12. The highest BCUT2D eigenvalue weighted by Crippen LogP contribution is 2.34. The molecule has 4 rings (SSSR count). The first kappa shape index (κ1) is 20.8. The highest BCUT2D eigenvalue weighted by molar-refractivity contribution is 5.92. The first-order chi connectivity index (χ1) is 14.8. The minimum atomic E-state index is -1.13. The van der Waals surface area contributed by atoms with Gasteiger partial charge in [-0.2, -0.15) is 0 Å². The SMILES string of the molecule is O=C(O)[C@H]1Cc2ccccc2C[C@@H]1C(=O)OC(=O)[C@@H]1Cc2ccccc2C[C@H]1C(=O)O. The molecule has 7 nitrogen and oxygen atoms in total. The molecule has 0 amide bonds. The van der Waals surface area contributed by atoms with Gasteiger partial charge >= 0.3 is 23.9 Å². The van der Waals surface area contributed by atoms with Crippen LogP contribution in [0.4, 0.5) is 0 Å². The molecule has 0 bridgehead atoms. The molecular formula is C24H22O7. The van der Waals surface area contributed by atoms with Gasteiger partial charge in [-0.1, -0.05) is 48.5 Å². The van der Waals surface area contributed by atoms with Crippen molar-refractivity contribution in [3.8, 4) is 0 Å². The summed E-state index contributed by atoms with van der Waals surface area (Å²) in [7, 11) is 0. The smallest absolute Gasteiger partial charge is 0.317 e. The first-order valence-corrected chi connectivity index (χ1v) is 10.2. The summed E-state index contributed by atoms with van der Waals surface area (Å²) >= 11 is 0. The molecule has 31 heavy (non-hydrogen) atoms. The zero-order valence-electron chi connectivity index (χ0n) is 16.7. The Balaban J connectivity index is 1.54. The van der Waals surface area contributed by atoms with Crippen molar-refractivity contribution in [1.82, 2.24) is 0 Å². The Morgan fingerprint density at radius 1 is 0.581 bits per heavy atom. The van der Waals surface area contributed by atoms with E-state index < -0.39 is 47.5 Å². The van der Waals surface area contributed by atoms with E-state index >= 15 is 0 Å². The Bertz CT molecular complexity index is 974. The maximum Gasteiger partial charge on any atom is 0.317 e. The molecule has 0 saturated carbocycles. The molecule has 0 saturated heterocycles. The van der Waals surface area contributed by atoms with Gasteiger partial charge in [0.05, 0.1) is 23.7 Å². The van der Waals surface area contributed by atoms with Gasteiger partial charge in [0.1, 0.15) is 0 Å². The van der Waals surface area contributed by atoms with E-state index in [-0.39, 0.29) is 25.7 Å². The van der Waals surface area contributed by atoms with Gasteiger partial charge in [-0.25, -0.2) is 0 Å². The van der Waals surface area contributed by atoms with E-state index in [1.54, 1.807) is 0 Å². The van der Waals surface area contributed by atoms with Crippen LogP contribution in [-0.4, -0.2) is 34.1 Å². The van der Waals surface area contributed by atoms with Gasteiger partial charge in [0, 0.05) is 0 Å². The van der Waals surface area contributed by atoms with E-state index in [0.29, 0.717) is 0 Å². The Morgan fingerprint density at radius 3 is 1.16 bits per heavy atom. The number of ether oxygens (including phenoxy) is 1. The highest BCUT2D eigenvalue weighted by atomic mass is 16.6. The standard InChI is InChI=1S/C24H22O7/c25-21(26)17-9-13-5-1-3-7-15(13)11-19(17)23(29)31-24(30)20-12-16-8-4-2-6-14(16)10-18(20)22(27)28/h1-8,17-20H,9-12H2,(H,25,26)(H,27,28)/t17-,18+,19-,20+. The Kier molecular flexibility index (Phi) is 5.59. The van der Waals surface area contributed by atoms with E-state index in [2.05, 4.69) is 0 Å². The quantitative estimate of drug-likeness (QED) is 0.573. The molecule has 2 aliphatic carbocycles. The lowest BCUT2D eigenvalue weighted by Crippen LogP contribution is -2.42. The van der Waals surface area contributed by atoms with Crippen molar-refractivity contribution in [2.75, 3.05) is 0 Å². The fourth-order valence-corrected chi connectivity index (χ4v) is 4.69. The second kappa shape index (κ2) is 8.34. The molecule has 0 spiro atoms. The van der Waals surface area contributed by atoms with Crippen LogP contribution in [0.1, 0.15) is 22.3 Å². The van der Waals surface area contributed by atoms with E-state index in [0.717, 1.165) is 22.3 Å². The number of benzene rings is 2. The Hall–Kier alpha value is -3.48. The van der Waals surface area contributed by atoms with Gasteiger partial charge in [-0.05, 0) is 47.9 Å². The zero-order chi connectivity index (χ0) is 22.1. The van der Waals surface area contributed by atoms with Crippen molar-refractivity contribution in [2.45, 2.75) is 25.7 Å². The lowest BCUT2D eigenvalue weighted by atomic mass is 9.75. The summed E-state index contributed by atoms with van der Waals surface area (Å²) in [4.78, 5) is 49.2. The summed E-state index contributed by atoms with van der Waals surface area (Å²) in [5.74, 6) is -8.08. The number of aliphatic carboxylic acids is 2. The molecule has 2 aliphatic rings. The number of hydrogen-bond donors (Lipinski definition) is 2. The van der Waals surface area contributed by atoms with Crippen LogP contribution in [0.15, 0.2) is 48.5 Å². The van der Waals surface area contributed by atoms with E-state index in [9.17, 15) is 29.4 Å². The normalized spacial score (nSPS) is 24.4. The number of carboxylic acid groups (broad SMARTS) is 2. The van der Waals surface area contributed by atoms with Crippen molar-refractivity contribution in [1.29, 1.82) is 0 Å². The van der Waals surface area contributed by atoms with Crippen LogP contribution in [0, 0.1) is 23.7 Å². The van der Waals surface area contributed by atoms with Gasteiger partial charge in [-0.15, -0.1) is 0 Å². The molecule has 0 fully saturated rings. The third-order valence-corrected chi connectivity index (χ3v) is 6.41. The largest absolute Gasteiger partial charge is 0.481 e. The van der Waals surface area contributed by atoms with E-state index in [1.807, 2.05) is 48.5 Å². The molecule has 7 heteroatoms. The molecule has 160 valence electrons. The van der Waals surface area contributed by atoms with Gasteiger partial charge in [0.15, 0.2) is 0 Å². The van der Waals surface area contributed by atoms with Crippen LogP contribution in [0.5, 0.6) is 0 Å². The number of hydrogen-bond acceptors (Lipinski definition) is 5. The third kappa shape index (κ3) is 4.08. The molecule has 2 aromatic rings. The van der Waals surface area contributed by atoms with Crippen LogP contribution in [-0.2, 0) is 49.6 Å². The molecule has 2 N–H and O–H groups in total. The summed E-state index contributed by atoms with van der Waals surface area (Å²) in [6.07, 6.45) is 0.673. The van der Waals surface area contributed by atoms with Crippen LogP contribution in [0.3, 0.4) is 0 Å². The lowest BCUT2D eigenvalue weighted by Gasteiger charge is -2.31. The fraction of sp³-hybridized carbons (Fsp3) is 0.333. The number of fused-ring (bicyclic) bond motifs is 2. The Labute approximate surface area is 178 Å². The lowest BCUT2D eigenvalue weighted by molar-refractivity contribution is -0.172. The molecule has 4 atom stereocenters. The second-order valence-corrected chi connectivity index (χ2v) is 8.20. The second-order valence-electron chi connectivity index (χ2n) is 8.20. The van der Waals surface area contributed by atoms with Crippen molar-refractivity contribution < 1.29 is 34.1 Å². The van der Waals surface area contributed by atoms with Crippen LogP contribution >= 0.6 is 0 Å². The molecule has 0 unspecified atom stereocenters.